The summed E-state index contributed by atoms with van der Waals surface area (Å²) in [6.07, 6.45) is -0.579. The van der Waals surface area contributed by atoms with Gasteiger partial charge in [-0.05, 0) is 47.1 Å². The van der Waals surface area contributed by atoms with E-state index in [-0.39, 0.29) is 13.0 Å². The van der Waals surface area contributed by atoms with Crippen LogP contribution in [-0.2, 0) is 25.5 Å². The minimum Gasteiger partial charge on any atom is -0.480 e. The lowest BCUT2D eigenvalue weighted by atomic mass is 10.0. The lowest BCUT2D eigenvalue weighted by molar-refractivity contribution is -0.145. The van der Waals surface area contributed by atoms with Crippen molar-refractivity contribution >= 4 is 18.0 Å². The molecule has 0 fully saturated rings. The van der Waals surface area contributed by atoms with E-state index in [4.69, 9.17) is 9.47 Å². The Morgan fingerprint density at radius 2 is 1.52 bits per heavy atom. The van der Waals surface area contributed by atoms with E-state index in [1.54, 1.807) is 41.5 Å². The smallest absolute Gasteiger partial charge is 0.408 e. The minimum absolute atomic E-state index is 0.179. The van der Waals surface area contributed by atoms with Crippen LogP contribution < -0.4 is 10.6 Å². The van der Waals surface area contributed by atoms with Crippen molar-refractivity contribution in [3.05, 3.63) is 35.9 Å². The molecule has 1 aromatic rings. The second-order valence-electron chi connectivity index (χ2n) is 8.71. The molecule has 0 heterocycles. The monoisotopic (exact) mass is 408 g/mol. The number of nitrogens with one attached hydrogen (secondary N) is 2. The molecule has 8 heteroatoms. The summed E-state index contributed by atoms with van der Waals surface area (Å²) in [5.74, 6) is -1.86. The van der Waals surface area contributed by atoms with E-state index in [0.29, 0.717) is 0 Å². The predicted octanol–water partition coefficient (Wildman–Crippen LogP) is 2.51. The minimum atomic E-state index is -1.25. The third-order valence-electron chi connectivity index (χ3n) is 3.59. The molecule has 0 saturated heterocycles. The highest BCUT2D eigenvalue weighted by atomic mass is 16.6. The molecule has 0 aliphatic rings. The largest absolute Gasteiger partial charge is 0.480 e. The molecule has 29 heavy (non-hydrogen) atoms. The molecule has 8 nitrogen and oxygen atoms in total. The van der Waals surface area contributed by atoms with Crippen LogP contribution in [0.25, 0.3) is 0 Å². The number of alkyl carbamates (subject to hydrolysis) is 1. The van der Waals surface area contributed by atoms with Crippen LogP contribution in [0.1, 0.15) is 47.1 Å². The first-order chi connectivity index (χ1) is 13.3. The number of hydrogen-bond acceptors (Lipinski definition) is 5. The van der Waals surface area contributed by atoms with Gasteiger partial charge in [0, 0.05) is 6.42 Å². The Bertz CT molecular complexity index is 691. The summed E-state index contributed by atoms with van der Waals surface area (Å²) in [4.78, 5) is 36.5. The number of aliphatic carboxylic acids is 1. The Morgan fingerprint density at radius 3 is 2.00 bits per heavy atom. The fourth-order valence-electron chi connectivity index (χ4n) is 2.29. The van der Waals surface area contributed by atoms with Crippen LogP contribution in [0.5, 0.6) is 0 Å². The Labute approximate surface area is 172 Å². The summed E-state index contributed by atoms with van der Waals surface area (Å²) < 4.78 is 10.7. The molecular weight excluding hydrogens is 376 g/mol. The molecule has 0 spiro atoms. The third-order valence-corrected chi connectivity index (χ3v) is 3.59. The maximum atomic E-state index is 12.8. The van der Waals surface area contributed by atoms with Crippen LogP contribution in [0.3, 0.4) is 0 Å². The summed E-state index contributed by atoms with van der Waals surface area (Å²) in [6, 6.07) is 6.83. The highest BCUT2D eigenvalue weighted by Gasteiger charge is 2.29. The molecule has 3 N–H and O–H groups in total. The third kappa shape index (κ3) is 10.5. The summed E-state index contributed by atoms with van der Waals surface area (Å²) in [6.45, 7) is 10.3. The number of carboxylic acid groups (broad SMARTS) is 1. The fourth-order valence-corrected chi connectivity index (χ4v) is 2.29. The van der Waals surface area contributed by atoms with Crippen molar-refractivity contribution in [3.63, 3.8) is 0 Å². The number of benzene rings is 1. The van der Waals surface area contributed by atoms with Crippen molar-refractivity contribution in [2.24, 2.45) is 0 Å². The molecule has 0 aliphatic heterocycles. The van der Waals surface area contributed by atoms with Gasteiger partial charge in [-0.25, -0.2) is 9.59 Å². The molecular formula is C21H32N2O6. The van der Waals surface area contributed by atoms with E-state index in [1.807, 2.05) is 30.3 Å². The average molecular weight is 408 g/mol. The topological polar surface area (TPSA) is 114 Å². The summed E-state index contributed by atoms with van der Waals surface area (Å²) in [7, 11) is 0. The fraction of sp³-hybridized carbons (Fsp3) is 0.571. The Kier molecular flexibility index (Phi) is 8.63. The van der Waals surface area contributed by atoms with Crippen molar-refractivity contribution in [1.82, 2.24) is 10.6 Å². The van der Waals surface area contributed by atoms with Gasteiger partial charge in [0.15, 0.2) is 6.04 Å². The van der Waals surface area contributed by atoms with Crippen LogP contribution in [0.2, 0.25) is 0 Å². The molecule has 0 aliphatic carbocycles. The number of hydrogen-bond donors (Lipinski definition) is 3. The summed E-state index contributed by atoms with van der Waals surface area (Å²) in [5.41, 5.74) is -0.486. The van der Waals surface area contributed by atoms with Crippen molar-refractivity contribution in [2.75, 3.05) is 6.61 Å². The maximum Gasteiger partial charge on any atom is 0.408 e. The second-order valence-corrected chi connectivity index (χ2v) is 8.71. The van der Waals surface area contributed by atoms with Gasteiger partial charge >= 0.3 is 12.1 Å². The highest BCUT2D eigenvalue weighted by molar-refractivity contribution is 5.89. The number of carbonyl (C=O) groups is 3. The molecule has 0 aromatic heterocycles. The van der Waals surface area contributed by atoms with Crippen LogP contribution in [0.4, 0.5) is 4.79 Å². The molecule has 1 aromatic carbocycles. The number of carbonyl (C=O) groups excluding carboxylic acids is 2. The predicted molar refractivity (Wildman–Crippen MR) is 109 cm³/mol. The zero-order chi connectivity index (χ0) is 22.2. The van der Waals surface area contributed by atoms with Crippen LogP contribution in [-0.4, -0.2) is 53.0 Å². The summed E-state index contributed by atoms with van der Waals surface area (Å²) >= 11 is 0. The van der Waals surface area contributed by atoms with Crippen LogP contribution >= 0.6 is 0 Å². The van der Waals surface area contributed by atoms with E-state index in [9.17, 15) is 19.5 Å². The van der Waals surface area contributed by atoms with E-state index in [2.05, 4.69) is 10.6 Å². The molecule has 2 atom stereocenters. The lowest BCUT2D eigenvalue weighted by Crippen LogP contribution is -2.54. The number of rotatable bonds is 8. The SMILES string of the molecule is CC(C)(C)OC[C@H](NC(=O)[C@@H](Cc1ccccc1)NC(=O)OC(C)(C)C)C(=O)O. The van der Waals surface area contributed by atoms with Gasteiger partial charge in [-0.1, -0.05) is 30.3 Å². The van der Waals surface area contributed by atoms with E-state index in [1.165, 1.54) is 0 Å². The normalized spacial score (nSPS) is 13.9. The van der Waals surface area contributed by atoms with Gasteiger partial charge < -0.3 is 25.2 Å². The second kappa shape index (κ2) is 10.2. The molecule has 0 unspecified atom stereocenters. The van der Waals surface area contributed by atoms with Gasteiger partial charge in [-0.15, -0.1) is 0 Å². The highest BCUT2D eigenvalue weighted by Crippen LogP contribution is 2.10. The van der Waals surface area contributed by atoms with Gasteiger partial charge in [0.25, 0.3) is 0 Å². The first kappa shape index (κ1) is 24.4. The van der Waals surface area contributed by atoms with Crippen molar-refractivity contribution in [2.45, 2.75) is 71.2 Å². The number of carboxylic acids is 1. The first-order valence-electron chi connectivity index (χ1n) is 9.47. The zero-order valence-corrected chi connectivity index (χ0v) is 17.9. The quantitative estimate of drug-likeness (QED) is 0.609. The van der Waals surface area contributed by atoms with Gasteiger partial charge in [-0.3, -0.25) is 4.79 Å². The standard InChI is InChI=1S/C21H32N2O6/c1-20(2,3)28-13-16(18(25)26)22-17(24)15(12-14-10-8-7-9-11-14)23-19(27)29-21(4,5)6/h7-11,15-16H,12-13H2,1-6H3,(H,22,24)(H,23,27)(H,25,26)/t15-,16+/m1/s1. The average Bonchev–Trinajstić information content (AvgIpc) is 2.56. The van der Waals surface area contributed by atoms with Crippen molar-refractivity contribution in [1.29, 1.82) is 0 Å². The molecule has 0 bridgehead atoms. The zero-order valence-electron chi connectivity index (χ0n) is 17.9. The number of ether oxygens (including phenoxy) is 2. The number of amides is 2. The molecule has 1 rings (SSSR count). The molecule has 162 valence electrons. The van der Waals surface area contributed by atoms with Gasteiger partial charge in [0.05, 0.1) is 12.2 Å². The van der Waals surface area contributed by atoms with Gasteiger partial charge in [-0.2, -0.15) is 0 Å². The van der Waals surface area contributed by atoms with E-state index < -0.39 is 41.3 Å². The van der Waals surface area contributed by atoms with E-state index >= 15 is 0 Å². The van der Waals surface area contributed by atoms with Gasteiger partial charge in [0.1, 0.15) is 11.6 Å². The van der Waals surface area contributed by atoms with Gasteiger partial charge in [0.2, 0.25) is 5.91 Å². The molecule has 2 amide bonds. The van der Waals surface area contributed by atoms with Crippen LogP contribution in [0.15, 0.2) is 30.3 Å². The van der Waals surface area contributed by atoms with E-state index in [0.717, 1.165) is 5.56 Å². The van der Waals surface area contributed by atoms with Crippen molar-refractivity contribution < 1.29 is 29.0 Å². The Morgan fingerprint density at radius 1 is 0.931 bits per heavy atom. The van der Waals surface area contributed by atoms with Crippen LogP contribution in [0, 0.1) is 0 Å². The van der Waals surface area contributed by atoms with Crippen molar-refractivity contribution in [3.8, 4) is 0 Å². The first-order valence-corrected chi connectivity index (χ1v) is 9.47. The Hall–Kier alpha value is -2.61. The lowest BCUT2D eigenvalue weighted by Gasteiger charge is -2.26. The molecule has 0 saturated carbocycles. The Balaban J connectivity index is 2.92. The molecule has 0 radical (unpaired) electrons. The maximum absolute atomic E-state index is 12.8. The summed E-state index contributed by atoms with van der Waals surface area (Å²) in [5, 5.41) is 14.4.